The molecule has 0 saturated carbocycles. The second-order valence-corrected chi connectivity index (χ2v) is 9.84. The molecule has 2 rings (SSSR count). The fourth-order valence-electron chi connectivity index (χ4n) is 3.55. The molecule has 1 aliphatic rings. The van der Waals surface area contributed by atoms with E-state index >= 15 is 0 Å². The molecule has 1 heterocycles. The van der Waals surface area contributed by atoms with Crippen LogP contribution in [-0.4, -0.2) is 61.2 Å². The summed E-state index contributed by atoms with van der Waals surface area (Å²) in [6.07, 6.45) is 1.30. The SMILES string of the molecule is Cc1cc(OCC(=O)N2CCC(CNC(=O)CCNC(=O)OC(C)(C)C)CC2)cc(C)c1Cl. The maximum atomic E-state index is 12.5. The van der Waals surface area contributed by atoms with Crippen molar-refractivity contribution in [3.05, 3.63) is 28.3 Å². The van der Waals surface area contributed by atoms with Gasteiger partial charge < -0.3 is 25.0 Å². The van der Waals surface area contributed by atoms with Crippen molar-refractivity contribution >= 4 is 29.5 Å². The number of likely N-dealkylation sites (tertiary alicyclic amines) is 1. The van der Waals surface area contributed by atoms with Crippen LogP contribution in [0.4, 0.5) is 4.79 Å². The van der Waals surface area contributed by atoms with Gasteiger partial charge in [0.1, 0.15) is 11.4 Å². The van der Waals surface area contributed by atoms with Gasteiger partial charge in [-0.2, -0.15) is 0 Å². The molecule has 33 heavy (non-hydrogen) atoms. The Hall–Kier alpha value is -2.48. The third kappa shape index (κ3) is 9.50. The number of hydrogen-bond acceptors (Lipinski definition) is 5. The van der Waals surface area contributed by atoms with E-state index in [9.17, 15) is 14.4 Å². The molecule has 0 aromatic heterocycles. The highest BCUT2D eigenvalue weighted by Crippen LogP contribution is 2.26. The first-order valence-corrected chi connectivity index (χ1v) is 11.7. The number of ether oxygens (including phenoxy) is 2. The molecule has 0 spiro atoms. The summed E-state index contributed by atoms with van der Waals surface area (Å²) in [6, 6.07) is 3.67. The fraction of sp³-hybridized carbons (Fsp3) is 0.625. The maximum absolute atomic E-state index is 12.5. The topological polar surface area (TPSA) is 97.0 Å². The predicted molar refractivity (Wildman–Crippen MR) is 128 cm³/mol. The Morgan fingerprint density at radius 1 is 1.09 bits per heavy atom. The highest BCUT2D eigenvalue weighted by Gasteiger charge is 2.23. The second-order valence-electron chi connectivity index (χ2n) is 9.47. The van der Waals surface area contributed by atoms with Gasteiger partial charge in [0, 0.05) is 37.6 Å². The molecular weight excluding hydrogens is 446 g/mol. The lowest BCUT2D eigenvalue weighted by molar-refractivity contribution is -0.135. The molecule has 1 aromatic carbocycles. The lowest BCUT2D eigenvalue weighted by Gasteiger charge is -2.32. The van der Waals surface area contributed by atoms with E-state index < -0.39 is 11.7 Å². The van der Waals surface area contributed by atoms with E-state index in [1.54, 1.807) is 25.7 Å². The number of alkyl carbamates (subject to hydrolysis) is 1. The molecule has 1 aliphatic heterocycles. The van der Waals surface area contributed by atoms with Gasteiger partial charge in [-0.3, -0.25) is 9.59 Å². The monoisotopic (exact) mass is 481 g/mol. The van der Waals surface area contributed by atoms with Crippen LogP contribution in [0.25, 0.3) is 0 Å². The van der Waals surface area contributed by atoms with Gasteiger partial charge in [0.15, 0.2) is 6.61 Å². The normalized spacial score (nSPS) is 14.5. The minimum atomic E-state index is -0.567. The van der Waals surface area contributed by atoms with Gasteiger partial charge in [-0.15, -0.1) is 0 Å². The number of halogens is 1. The largest absolute Gasteiger partial charge is 0.484 e. The smallest absolute Gasteiger partial charge is 0.407 e. The molecule has 1 fully saturated rings. The molecule has 0 unspecified atom stereocenters. The van der Waals surface area contributed by atoms with E-state index in [1.807, 2.05) is 26.0 Å². The Balaban J connectivity index is 1.62. The molecule has 1 aromatic rings. The first-order valence-electron chi connectivity index (χ1n) is 11.4. The van der Waals surface area contributed by atoms with Crippen LogP contribution in [0, 0.1) is 19.8 Å². The van der Waals surface area contributed by atoms with Crippen LogP contribution in [0.3, 0.4) is 0 Å². The molecule has 0 aliphatic carbocycles. The van der Waals surface area contributed by atoms with Crippen LogP contribution in [0.1, 0.15) is 51.2 Å². The maximum Gasteiger partial charge on any atom is 0.407 e. The summed E-state index contributed by atoms with van der Waals surface area (Å²) in [6.45, 7) is 11.2. The van der Waals surface area contributed by atoms with Crippen molar-refractivity contribution in [1.29, 1.82) is 0 Å². The number of amides is 3. The van der Waals surface area contributed by atoms with Crippen LogP contribution in [0.2, 0.25) is 5.02 Å². The third-order valence-electron chi connectivity index (χ3n) is 5.35. The Morgan fingerprint density at radius 2 is 1.70 bits per heavy atom. The minimum absolute atomic E-state index is 0.00738. The number of rotatable bonds is 8. The molecule has 3 amide bonds. The number of hydrogen-bond donors (Lipinski definition) is 2. The van der Waals surface area contributed by atoms with E-state index in [0.29, 0.717) is 36.3 Å². The van der Waals surface area contributed by atoms with Crippen molar-refractivity contribution < 1.29 is 23.9 Å². The second kappa shape index (κ2) is 12.1. The van der Waals surface area contributed by atoms with Gasteiger partial charge in [0.25, 0.3) is 5.91 Å². The Kier molecular flexibility index (Phi) is 9.83. The average molecular weight is 482 g/mol. The van der Waals surface area contributed by atoms with Gasteiger partial charge in [0.05, 0.1) is 0 Å². The molecule has 1 saturated heterocycles. The summed E-state index contributed by atoms with van der Waals surface area (Å²) in [4.78, 5) is 37.9. The van der Waals surface area contributed by atoms with Crippen molar-refractivity contribution in [1.82, 2.24) is 15.5 Å². The summed E-state index contributed by atoms with van der Waals surface area (Å²) < 4.78 is 10.8. The molecular formula is C24H36ClN3O5. The van der Waals surface area contributed by atoms with Crippen molar-refractivity contribution in [2.24, 2.45) is 5.92 Å². The molecule has 8 nitrogen and oxygen atoms in total. The fourth-order valence-corrected chi connectivity index (χ4v) is 3.66. The van der Waals surface area contributed by atoms with Gasteiger partial charge in [-0.1, -0.05) is 11.6 Å². The molecule has 0 bridgehead atoms. The zero-order chi connectivity index (χ0) is 24.6. The summed E-state index contributed by atoms with van der Waals surface area (Å²) >= 11 is 6.17. The lowest BCUT2D eigenvalue weighted by atomic mass is 9.96. The number of nitrogens with one attached hydrogen (secondary N) is 2. The summed E-state index contributed by atoms with van der Waals surface area (Å²) in [7, 11) is 0. The first-order chi connectivity index (χ1) is 15.4. The number of aryl methyl sites for hydroxylation is 2. The molecule has 0 atom stereocenters. The Morgan fingerprint density at radius 3 is 2.27 bits per heavy atom. The average Bonchev–Trinajstić information content (AvgIpc) is 2.73. The minimum Gasteiger partial charge on any atom is -0.484 e. The molecule has 0 radical (unpaired) electrons. The van der Waals surface area contributed by atoms with Gasteiger partial charge in [-0.25, -0.2) is 4.79 Å². The Labute approximate surface area is 201 Å². The van der Waals surface area contributed by atoms with Crippen LogP contribution in [0.15, 0.2) is 12.1 Å². The van der Waals surface area contributed by atoms with Crippen LogP contribution in [-0.2, 0) is 14.3 Å². The number of benzene rings is 1. The van der Waals surface area contributed by atoms with Gasteiger partial charge >= 0.3 is 6.09 Å². The van der Waals surface area contributed by atoms with Crippen LogP contribution < -0.4 is 15.4 Å². The number of carbonyl (C=O) groups is 3. The predicted octanol–water partition coefficient (Wildman–Crippen LogP) is 3.61. The lowest BCUT2D eigenvalue weighted by Crippen LogP contribution is -2.43. The number of piperidine rings is 1. The standard InChI is InChI=1S/C24H36ClN3O5/c1-16-12-19(13-17(2)22(16)25)32-15-21(30)28-10-7-18(8-11-28)14-27-20(29)6-9-26-23(31)33-24(3,4)5/h12-13,18H,6-11,14-15H2,1-5H3,(H,26,31)(H,27,29). The molecule has 9 heteroatoms. The van der Waals surface area contributed by atoms with Gasteiger partial charge in [0.2, 0.25) is 5.91 Å². The highest BCUT2D eigenvalue weighted by molar-refractivity contribution is 6.32. The number of nitrogens with zero attached hydrogens (tertiary/aromatic N) is 1. The quantitative estimate of drug-likeness (QED) is 0.591. The van der Waals surface area contributed by atoms with Crippen molar-refractivity contribution in [2.75, 3.05) is 32.8 Å². The van der Waals surface area contributed by atoms with Crippen molar-refractivity contribution in [3.8, 4) is 5.75 Å². The number of carbonyl (C=O) groups excluding carboxylic acids is 3. The highest BCUT2D eigenvalue weighted by atomic mass is 35.5. The van der Waals surface area contributed by atoms with Crippen LogP contribution >= 0.6 is 11.6 Å². The molecule has 184 valence electrons. The molecule has 2 N–H and O–H groups in total. The zero-order valence-electron chi connectivity index (χ0n) is 20.3. The Bertz CT molecular complexity index is 822. The van der Waals surface area contributed by atoms with Gasteiger partial charge in [-0.05, 0) is 76.6 Å². The summed E-state index contributed by atoms with van der Waals surface area (Å²) in [5.41, 5.74) is 1.27. The van der Waals surface area contributed by atoms with Crippen molar-refractivity contribution in [2.45, 2.75) is 59.5 Å². The van der Waals surface area contributed by atoms with E-state index in [1.165, 1.54) is 0 Å². The zero-order valence-corrected chi connectivity index (χ0v) is 21.0. The van der Waals surface area contributed by atoms with Crippen LogP contribution in [0.5, 0.6) is 5.75 Å². The first kappa shape index (κ1) is 26.8. The summed E-state index contributed by atoms with van der Waals surface area (Å²) in [5.74, 6) is 0.795. The van der Waals surface area contributed by atoms with Crippen molar-refractivity contribution in [3.63, 3.8) is 0 Å². The summed E-state index contributed by atoms with van der Waals surface area (Å²) in [5, 5.41) is 6.19. The van der Waals surface area contributed by atoms with E-state index in [2.05, 4.69) is 10.6 Å². The third-order valence-corrected chi connectivity index (χ3v) is 5.94. The van der Waals surface area contributed by atoms with E-state index in [-0.39, 0.29) is 31.4 Å². The van der Waals surface area contributed by atoms with E-state index in [4.69, 9.17) is 21.1 Å². The van der Waals surface area contributed by atoms with E-state index in [0.717, 1.165) is 24.0 Å².